The number of benzene rings is 1. The van der Waals surface area contributed by atoms with Crippen LogP contribution in [-0.2, 0) is 21.4 Å². The van der Waals surface area contributed by atoms with Crippen molar-refractivity contribution in [3.8, 4) is 0 Å². The van der Waals surface area contributed by atoms with Crippen LogP contribution in [0.25, 0.3) is 0 Å². The van der Waals surface area contributed by atoms with Crippen molar-refractivity contribution in [1.29, 1.82) is 0 Å². The molecular formula is C17H19FN2O3S2. The fourth-order valence-electron chi connectivity index (χ4n) is 2.99. The summed E-state index contributed by atoms with van der Waals surface area (Å²) in [5.74, 6) is -0.708. The van der Waals surface area contributed by atoms with Crippen LogP contribution >= 0.6 is 11.3 Å². The molecule has 0 radical (unpaired) electrons. The lowest BCUT2D eigenvalue weighted by molar-refractivity contribution is -0.133. The zero-order valence-corrected chi connectivity index (χ0v) is 15.4. The normalized spacial score (nSPS) is 18.4. The van der Waals surface area contributed by atoms with Crippen LogP contribution in [0, 0.1) is 5.82 Å². The number of thiophene rings is 1. The highest BCUT2D eigenvalue weighted by Crippen LogP contribution is 2.27. The molecule has 1 aromatic heterocycles. The van der Waals surface area contributed by atoms with Gasteiger partial charge in [-0.15, -0.1) is 11.3 Å². The molecule has 0 spiro atoms. The zero-order chi connectivity index (χ0) is 18.0. The first-order valence-electron chi connectivity index (χ1n) is 7.94. The minimum atomic E-state index is -3.82. The Labute approximate surface area is 150 Å². The van der Waals surface area contributed by atoms with Crippen LogP contribution in [0.15, 0.2) is 46.7 Å². The van der Waals surface area contributed by atoms with Crippen molar-refractivity contribution >= 4 is 27.3 Å². The van der Waals surface area contributed by atoms with Gasteiger partial charge in [-0.2, -0.15) is 4.31 Å². The van der Waals surface area contributed by atoms with Gasteiger partial charge in [-0.05, 0) is 48.6 Å². The molecule has 0 saturated carbocycles. The van der Waals surface area contributed by atoms with Crippen molar-refractivity contribution in [2.24, 2.45) is 0 Å². The van der Waals surface area contributed by atoms with Gasteiger partial charge < -0.3 is 4.90 Å². The Morgan fingerprint density at radius 3 is 2.68 bits per heavy atom. The largest absolute Gasteiger partial charge is 0.339 e. The summed E-state index contributed by atoms with van der Waals surface area (Å²) in [5, 5.41) is 1.94. The number of hydrogen-bond donors (Lipinski definition) is 0. The van der Waals surface area contributed by atoms with Gasteiger partial charge in [0.25, 0.3) is 0 Å². The van der Waals surface area contributed by atoms with Crippen LogP contribution < -0.4 is 0 Å². The maximum absolute atomic E-state index is 13.1. The Kier molecular flexibility index (Phi) is 5.21. The number of amides is 1. The summed E-state index contributed by atoms with van der Waals surface area (Å²) in [7, 11) is -2.14. The van der Waals surface area contributed by atoms with E-state index in [1.807, 2.05) is 17.5 Å². The fraction of sp³-hybridized carbons (Fsp3) is 0.353. The lowest BCUT2D eigenvalue weighted by Crippen LogP contribution is -2.46. The third-order valence-electron chi connectivity index (χ3n) is 4.26. The average Bonchev–Trinajstić information content (AvgIpc) is 3.26. The number of carbonyl (C=O) groups is 1. The molecular weight excluding hydrogens is 363 g/mol. The molecule has 0 aliphatic carbocycles. The van der Waals surface area contributed by atoms with Crippen molar-refractivity contribution in [1.82, 2.24) is 9.21 Å². The molecule has 134 valence electrons. The standard InChI is InChI=1S/C17H19FN2O3S2/c1-19(12-14-4-3-11-24-14)17(21)16-5-2-10-20(16)25(22,23)15-8-6-13(18)7-9-15/h3-4,6-9,11,16H,2,5,10,12H2,1H3. The highest BCUT2D eigenvalue weighted by molar-refractivity contribution is 7.89. The minimum Gasteiger partial charge on any atom is -0.339 e. The van der Waals surface area contributed by atoms with Crippen LogP contribution in [0.2, 0.25) is 0 Å². The number of hydrogen-bond acceptors (Lipinski definition) is 4. The van der Waals surface area contributed by atoms with E-state index in [4.69, 9.17) is 0 Å². The summed E-state index contributed by atoms with van der Waals surface area (Å²) in [6.45, 7) is 0.750. The zero-order valence-electron chi connectivity index (χ0n) is 13.8. The van der Waals surface area contributed by atoms with E-state index < -0.39 is 21.9 Å². The topological polar surface area (TPSA) is 57.7 Å². The predicted octanol–water partition coefficient (Wildman–Crippen LogP) is 2.70. The number of nitrogens with zero attached hydrogens (tertiary/aromatic N) is 2. The molecule has 0 bridgehead atoms. The first kappa shape index (κ1) is 18.0. The minimum absolute atomic E-state index is 0.00881. The highest BCUT2D eigenvalue weighted by Gasteiger charge is 2.40. The van der Waals surface area contributed by atoms with Crippen molar-refractivity contribution in [2.45, 2.75) is 30.3 Å². The number of sulfonamides is 1. The molecule has 25 heavy (non-hydrogen) atoms. The summed E-state index contributed by atoms with van der Waals surface area (Å²) in [6.07, 6.45) is 1.12. The third kappa shape index (κ3) is 3.75. The molecule has 1 saturated heterocycles. The highest BCUT2D eigenvalue weighted by atomic mass is 32.2. The van der Waals surface area contributed by atoms with Gasteiger partial charge in [-0.3, -0.25) is 4.79 Å². The monoisotopic (exact) mass is 382 g/mol. The molecule has 5 nitrogen and oxygen atoms in total. The van der Waals surface area contributed by atoms with Gasteiger partial charge in [0, 0.05) is 18.5 Å². The molecule has 1 unspecified atom stereocenters. The van der Waals surface area contributed by atoms with E-state index in [9.17, 15) is 17.6 Å². The number of likely N-dealkylation sites (N-methyl/N-ethyl adjacent to an activating group) is 1. The van der Waals surface area contributed by atoms with Gasteiger partial charge in [-0.1, -0.05) is 6.07 Å². The third-order valence-corrected chi connectivity index (χ3v) is 7.04. The smallest absolute Gasteiger partial charge is 0.243 e. The Morgan fingerprint density at radius 2 is 2.04 bits per heavy atom. The Balaban J connectivity index is 1.79. The second-order valence-corrected chi connectivity index (χ2v) is 8.92. The van der Waals surface area contributed by atoms with Gasteiger partial charge in [0.05, 0.1) is 11.4 Å². The van der Waals surface area contributed by atoms with Gasteiger partial charge in [0.1, 0.15) is 11.9 Å². The van der Waals surface area contributed by atoms with Crippen LogP contribution in [-0.4, -0.2) is 43.2 Å². The van der Waals surface area contributed by atoms with E-state index in [1.165, 1.54) is 16.4 Å². The number of carbonyl (C=O) groups excluding carboxylic acids is 1. The molecule has 1 aliphatic rings. The van der Waals surface area contributed by atoms with Crippen LogP contribution in [0.1, 0.15) is 17.7 Å². The molecule has 8 heteroatoms. The maximum Gasteiger partial charge on any atom is 0.243 e. The van der Waals surface area contributed by atoms with Crippen molar-refractivity contribution in [3.05, 3.63) is 52.5 Å². The van der Waals surface area contributed by atoms with E-state index in [-0.39, 0.29) is 10.8 Å². The van der Waals surface area contributed by atoms with Gasteiger partial charge in [0.2, 0.25) is 15.9 Å². The molecule has 2 heterocycles. The Hall–Kier alpha value is -1.77. The van der Waals surface area contributed by atoms with E-state index >= 15 is 0 Å². The fourth-order valence-corrected chi connectivity index (χ4v) is 5.39. The summed E-state index contributed by atoms with van der Waals surface area (Å²) in [6, 6.07) is 7.85. The summed E-state index contributed by atoms with van der Waals surface area (Å²) in [4.78, 5) is 15.4. The lowest BCUT2D eigenvalue weighted by atomic mass is 10.2. The average molecular weight is 382 g/mol. The molecule has 2 aromatic rings. The number of rotatable bonds is 5. The van der Waals surface area contributed by atoms with Crippen LogP contribution in [0.4, 0.5) is 4.39 Å². The van der Waals surface area contributed by atoms with Gasteiger partial charge >= 0.3 is 0 Å². The molecule has 1 aromatic carbocycles. The lowest BCUT2D eigenvalue weighted by Gasteiger charge is -2.27. The van der Waals surface area contributed by atoms with Crippen LogP contribution in [0.3, 0.4) is 0 Å². The second kappa shape index (κ2) is 7.23. The van der Waals surface area contributed by atoms with Crippen molar-refractivity contribution in [2.75, 3.05) is 13.6 Å². The van der Waals surface area contributed by atoms with E-state index in [1.54, 1.807) is 23.3 Å². The summed E-state index contributed by atoms with van der Waals surface area (Å²) >= 11 is 1.55. The van der Waals surface area contributed by atoms with Gasteiger partial charge in [-0.25, -0.2) is 12.8 Å². The molecule has 1 aliphatic heterocycles. The SMILES string of the molecule is CN(Cc1cccs1)C(=O)C1CCCN1S(=O)(=O)c1ccc(F)cc1. The quantitative estimate of drug-likeness (QED) is 0.799. The summed E-state index contributed by atoms with van der Waals surface area (Å²) < 4.78 is 40.0. The number of halogens is 1. The maximum atomic E-state index is 13.1. The summed E-state index contributed by atoms with van der Waals surface area (Å²) in [5.41, 5.74) is 0. The van der Waals surface area contributed by atoms with Gasteiger partial charge in [0.15, 0.2) is 0 Å². The predicted molar refractivity (Wildman–Crippen MR) is 94.1 cm³/mol. The molecule has 0 N–H and O–H groups in total. The van der Waals surface area contributed by atoms with Crippen molar-refractivity contribution < 1.29 is 17.6 Å². The van der Waals surface area contributed by atoms with E-state index in [0.717, 1.165) is 17.0 Å². The first-order valence-corrected chi connectivity index (χ1v) is 10.3. The molecule has 1 atom stereocenters. The van der Waals surface area contributed by atoms with E-state index in [2.05, 4.69) is 0 Å². The van der Waals surface area contributed by atoms with E-state index in [0.29, 0.717) is 25.9 Å². The first-order chi connectivity index (χ1) is 11.9. The second-order valence-electron chi connectivity index (χ2n) is 6.00. The molecule has 1 fully saturated rings. The Bertz CT molecular complexity index is 835. The Morgan fingerprint density at radius 1 is 1.32 bits per heavy atom. The molecule has 1 amide bonds. The van der Waals surface area contributed by atoms with Crippen LogP contribution in [0.5, 0.6) is 0 Å². The molecule has 3 rings (SSSR count). The van der Waals surface area contributed by atoms with Crippen molar-refractivity contribution in [3.63, 3.8) is 0 Å².